The first-order valence-electron chi connectivity index (χ1n) is 7.55. The zero-order chi connectivity index (χ0) is 16.0. The first kappa shape index (κ1) is 14.6. The minimum absolute atomic E-state index is 0.301. The molecule has 2 atom stereocenters. The molecule has 2 fully saturated rings. The first-order chi connectivity index (χ1) is 11.1. The van der Waals surface area contributed by atoms with Gasteiger partial charge >= 0.3 is 11.9 Å². The summed E-state index contributed by atoms with van der Waals surface area (Å²) in [6.45, 7) is 2.25. The summed E-state index contributed by atoms with van der Waals surface area (Å²) in [6.07, 6.45) is 0. The highest BCUT2D eigenvalue weighted by atomic mass is 32.1. The van der Waals surface area contributed by atoms with E-state index in [1.54, 1.807) is 16.8 Å². The molecule has 1 N–H and O–H groups in total. The molecule has 0 bridgehead atoms. The summed E-state index contributed by atoms with van der Waals surface area (Å²) >= 11 is 1.56. The van der Waals surface area contributed by atoms with Gasteiger partial charge in [-0.2, -0.15) is 0 Å². The fraction of sp³-hybridized carbons (Fsp3) is 0.438. The van der Waals surface area contributed by atoms with Crippen LogP contribution in [-0.2, 0) is 20.9 Å². The second-order valence-corrected chi connectivity index (χ2v) is 7.06. The van der Waals surface area contributed by atoms with Crippen LogP contribution in [0.3, 0.4) is 0 Å². The summed E-state index contributed by atoms with van der Waals surface area (Å²) in [6, 6.07) is 5.82. The molecule has 7 heteroatoms. The van der Waals surface area contributed by atoms with Crippen molar-refractivity contribution in [2.75, 3.05) is 19.8 Å². The number of carbonyl (C=O) groups excluding carboxylic acids is 1. The quantitative estimate of drug-likeness (QED) is 0.860. The zero-order valence-corrected chi connectivity index (χ0v) is 13.2. The molecule has 0 spiro atoms. The summed E-state index contributed by atoms with van der Waals surface area (Å²) in [5, 5.41) is 9.08. The van der Waals surface area contributed by atoms with Gasteiger partial charge in [0.1, 0.15) is 0 Å². The molecule has 1 aromatic heterocycles. The van der Waals surface area contributed by atoms with Gasteiger partial charge in [-0.15, -0.1) is 11.3 Å². The molecule has 1 saturated carbocycles. The molecule has 1 aromatic carbocycles. The van der Waals surface area contributed by atoms with E-state index in [0.717, 1.165) is 29.0 Å². The molecule has 23 heavy (non-hydrogen) atoms. The summed E-state index contributed by atoms with van der Waals surface area (Å²) in [5.74, 6) is -0.897. The Bertz CT molecular complexity index is 764. The Labute approximate surface area is 136 Å². The molecular weight excluding hydrogens is 316 g/mol. The van der Waals surface area contributed by atoms with Crippen molar-refractivity contribution in [2.45, 2.75) is 6.54 Å². The van der Waals surface area contributed by atoms with Crippen LogP contribution in [0.2, 0.25) is 0 Å². The maximum absolute atomic E-state index is 12.0. The zero-order valence-electron chi connectivity index (χ0n) is 12.3. The molecule has 2 heterocycles. The average molecular weight is 332 g/mol. The molecule has 2 aliphatic rings. The van der Waals surface area contributed by atoms with Crippen molar-refractivity contribution >= 4 is 33.4 Å². The molecule has 4 rings (SSSR count). The smallest absolute Gasteiger partial charge is 0.394 e. The number of thiazole rings is 1. The number of carboxylic acid groups (broad SMARTS) is 1. The lowest BCUT2D eigenvalue weighted by Crippen LogP contribution is -2.38. The molecule has 2 aromatic rings. The third kappa shape index (κ3) is 2.70. The molecule has 0 radical (unpaired) electrons. The normalized spacial score (nSPS) is 25.3. The maximum atomic E-state index is 12.0. The average Bonchev–Trinajstić information content (AvgIpc) is 2.95. The fourth-order valence-electron chi connectivity index (χ4n) is 3.46. The van der Waals surface area contributed by atoms with Crippen molar-refractivity contribution in [3.63, 3.8) is 0 Å². The van der Waals surface area contributed by atoms with Gasteiger partial charge in [0.05, 0.1) is 28.9 Å². The van der Waals surface area contributed by atoms with Crippen LogP contribution < -0.4 is 0 Å². The lowest BCUT2D eigenvalue weighted by Gasteiger charge is -2.22. The molecule has 120 valence electrons. The van der Waals surface area contributed by atoms with Gasteiger partial charge in [-0.05, 0) is 35.4 Å². The maximum Gasteiger partial charge on any atom is 0.394 e. The standard InChI is InChI=1S/C16H16N2O4S/c19-15(16(20)21)18(5-10-11-6-22-7-12(10)11)4-9-1-2-14-13(3-9)17-8-23-14/h1-3,8,10-12H,4-7H2,(H,20,21). The first-order valence-corrected chi connectivity index (χ1v) is 8.43. The summed E-state index contributed by atoms with van der Waals surface area (Å²) in [5.41, 5.74) is 3.56. The van der Waals surface area contributed by atoms with Gasteiger partial charge in [0.25, 0.3) is 0 Å². The van der Waals surface area contributed by atoms with Crippen LogP contribution in [0.15, 0.2) is 23.7 Å². The van der Waals surface area contributed by atoms with Gasteiger partial charge < -0.3 is 14.7 Å². The number of rotatable bonds is 4. The van der Waals surface area contributed by atoms with Gasteiger partial charge in [0.15, 0.2) is 0 Å². The molecule has 1 aliphatic carbocycles. The van der Waals surface area contributed by atoms with Crippen molar-refractivity contribution in [2.24, 2.45) is 17.8 Å². The Morgan fingerprint density at radius 2 is 2.13 bits per heavy atom. The molecule has 1 aliphatic heterocycles. The number of fused-ring (bicyclic) bond motifs is 2. The van der Waals surface area contributed by atoms with Gasteiger partial charge in [-0.1, -0.05) is 6.07 Å². The lowest BCUT2D eigenvalue weighted by molar-refractivity contribution is -0.156. The molecule has 1 amide bonds. The topological polar surface area (TPSA) is 79.7 Å². The third-order valence-electron chi connectivity index (χ3n) is 4.80. The van der Waals surface area contributed by atoms with Crippen molar-refractivity contribution in [1.82, 2.24) is 9.88 Å². The van der Waals surface area contributed by atoms with E-state index in [2.05, 4.69) is 4.98 Å². The van der Waals surface area contributed by atoms with Crippen LogP contribution in [0.4, 0.5) is 0 Å². The number of benzene rings is 1. The molecular formula is C16H16N2O4S. The number of aliphatic carboxylic acids is 1. The van der Waals surface area contributed by atoms with E-state index in [1.165, 1.54) is 4.90 Å². The number of aromatic nitrogens is 1. The Morgan fingerprint density at radius 1 is 1.35 bits per heavy atom. The lowest BCUT2D eigenvalue weighted by atomic mass is 10.1. The predicted molar refractivity (Wildman–Crippen MR) is 84.0 cm³/mol. The molecule has 6 nitrogen and oxygen atoms in total. The van der Waals surface area contributed by atoms with E-state index in [1.807, 2.05) is 18.2 Å². The van der Waals surface area contributed by atoms with E-state index in [9.17, 15) is 9.59 Å². The van der Waals surface area contributed by atoms with Crippen molar-refractivity contribution in [1.29, 1.82) is 0 Å². The Kier molecular flexibility index (Phi) is 3.54. The minimum Gasteiger partial charge on any atom is -0.474 e. The van der Waals surface area contributed by atoms with E-state index < -0.39 is 11.9 Å². The van der Waals surface area contributed by atoms with E-state index >= 15 is 0 Å². The SMILES string of the molecule is O=C(O)C(=O)N(Cc1ccc2scnc2c1)CC1C2COCC21. The number of carboxylic acids is 1. The van der Waals surface area contributed by atoms with Crippen molar-refractivity contribution in [3.05, 3.63) is 29.3 Å². The number of hydrogen-bond donors (Lipinski definition) is 1. The Balaban J connectivity index is 1.52. The van der Waals surface area contributed by atoms with Crippen LogP contribution in [0.25, 0.3) is 10.2 Å². The van der Waals surface area contributed by atoms with Crippen LogP contribution in [0.1, 0.15) is 5.56 Å². The van der Waals surface area contributed by atoms with Crippen molar-refractivity contribution in [3.8, 4) is 0 Å². The van der Waals surface area contributed by atoms with Crippen LogP contribution in [0.5, 0.6) is 0 Å². The second-order valence-electron chi connectivity index (χ2n) is 6.17. The monoisotopic (exact) mass is 332 g/mol. The number of ether oxygens (including phenoxy) is 1. The number of nitrogens with zero attached hydrogens (tertiary/aromatic N) is 2. The van der Waals surface area contributed by atoms with Gasteiger partial charge in [0.2, 0.25) is 0 Å². The van der Waals surface area contributed by atoms with Crippen LogP contribution >= 0.6 is 11.3 Å². The van der Waals surface area contributed by atoms with E-state index in [0.29, 0.717) is 30.8 Å². The highest BCUT2D eigenvalue weighted by molar-refractivity contribution is 7.16. The third-order valence-corrected chi connectivity index (χ3v) is 5.61. The highest BCUT2D eigenvalue weighted by Gasteiger charge is 2.54. The number of hydrogen-bond acceptors (Lipinski definition) is 5. The van der Waals surface area contributed by atoms with Crippen LogP contribution in [0, 0.1) is 17.8 Å². The highest BCUT2D eigenvalue weighted by Crippen LogP contribution is 2.51. The number of carbonyl (C=O) groups is 2. The Hall–Kier alpha value is -1.99. The van der Waals surface area contributed by atoms with Crippen molar-refractivity contribution < 1.29 is 19.4 Å². The molecule has 1 saturated heterocycles. The van der Waals surface area contributed by atoms with Gasteiger partial charge in [-0.25, -0.2) is 9.78 Å². The summed E-state index contributed by atoms with van der Waals surface area (Å²) in [4.78, 5) is 28.9. The minimum atomic E-state index is -1.40. The second kappa shape index (κ2) is 5.58. The number of amides is 1. The summed E-state index contributed by atoms with van der Waals surface area (Å²) < 4.78 is 6.44. The summed E-state index contributed by atoms with van der Waals surface area (Å²) in [7, 11) is 0. The van der Waals surface area contributed by atoms with E-state index in [-0.39, 0.29) is 0 Å². The fourth-order valence-corrected chi connectivity index (χ4v) is 4.12. The largest absolute Gasteiger partial charge is 0.474 e. The van der Waals surface area contributed by atoms with Gasteiger partial charge in [-0.3, -0.25) is 4.79 Å². The Morgan fingerprint density at radius 3 is 2.87 bits per heavy atom. The van der Waals surface area contributed by atoms with Gasteiger partial charge in [0, 0.05) is 13.1 Å². The predicted octanol–water partition coefficient (Wildman–Crippen LogP) is 1.60. The molecule has 2 unspecified atom stereocenters. The van der Waals surface area contributed by atoms with Crippen LogP contribution in [-0.4, -0.2) is 46.6 Å². The van der Waals surface area contributed by atoms with E-state index in [4.69, 9.17) is 9.84 Å².